The van der Waals surface area contributed by atoms with Crippen molar-refractivity contribution in [2.45, 2.75) is 25.7 Å². The summed E-state index contributed by atoms with van der Waals surface area (Å²) in [6.45, 7) is 5.14. The number of piperazine rings is 1. The lowest BCUT2D eigenvalue weighted by Gasteiger charge is -2.36. The van der Waals surface area contributed by atoms with E-state index < -0.39 is 11.7 Å². The molecule has 12 heteroatoms. The minimum absolute atomic E-state index is 0.109. The molecule has 4 rings (SSSR count). The van der Waals surface area contributed by atoms with Crippen molar-refractivity contribution in [3.05, 3.63) is 68.3 Å². The summed E-state index contributed by atoms with van der Waals surface area (Å²) in [5.41, 5.74) is -0.575. The van der Waals surface area contributed by atoms with Gasteiger partial charge in [-0.15, -0.1) is 0 Å². The molecule has 1 aliphatic rings. The number of nitrogens with zero attached hydrogens (tertiary/aromatic N) is 6. The zero-order valence-corrected chi connectivity index (χ0v) is 19.0. The van der Waals surface area contributed by atoms with Crippen molar-refractivity contribution in [2.24, 2.45) is 14.1 Å². The molecule has 3 heterocycles. The first-order valence-electron chi connectivity index (χ1n) is 10.8. The second-order valence-electron chi connectivity index (χ2n) is 8.40. The van der Waals surface area contributed by atoms with Crippen LogP contribution in [0.3, 0.4) is 0 Å². The van der Waals surface area contributed by atoms with E-state index in [4.69, 9.17) is 4.52 Å². The van der Waals surface area contributed by atoms with Crippen molar-refractivity contribution in [1.29, 1.82) is 0 Å². The van der Waals surface area contributed by atoms with Gasteiger partial charge in [0.25, 0.3) is 5.56 Å². The van der Waals surface area contributed by atoms with Crippen LogP contribution in [0.1, 0.15) is 30.1 Å². The molecule has 9 nitrogen and oxygen atoms in total. The van der Waals surface area contributed by atoms with E-state index in [-0.39, 0.29) is 28.7 Å². The molecule has 34 heavy (non-hydrogen) atoms. The normalized spacial score (nSPS) is 16.6. The smallest absolute Gasteiger partial charge is 0.337 e. The van der Waals surface area contributed by atoms with Crippen LogP contribution < -0.4 is 11.2 Å². The average Bonchev–Trinajstić information content (AvgIpc) is 3.31. The minimum Gasteiger partial charge on any atom is -0.337 e. The van der Waals surface area contributed by atoms with E-state index in [1.54, 1.807) is 7.05 Å². The Labute approximate surface area is 193 Å². The Kier molecular flexibility index (Phi) is 6.45. The summed E-state index contributed by atoms with van der Waals surface area (Å²) in [5, 5.41) is 3.88. The molecule has 1 atom stereocenters. The van der Waals surface area contributed by atoms with Crippen molar-refractivity contribution in [2.75, 3.05) is 26.2 Å². The molecule has 0 radical (unpaired) electrons. The molecule has 0 aliphatic carbocycles. The van der Waals surface area contributed by atoms with Gasteiger partial charge in [0.2, 0.25) is 11.7 Å². The second-order valence-corrected chi connectivity index (χ2v) is 8.40. The van der Waals surface area contributed by atoms with Crippen LogP contribution in [0.5, 0.6) is 0 Å². The molecule has 0 saturated carbocycles. The third-order valence-corrected chi connectivity index (χ3v) is 6.21. The van der Waals surface area contributed by atoms with Crippen LogP contribution in [0.4, 0.5) is 13.2 Å². The van der Waals surface area contributed by atoms with E-state index in [0.717, 1.165) is 16.7 Å². The summed E-state index contributed by atoms with van der Waals surface area (Å²) < 4.78 is 46.9. The summed E-state index contributed by atoms with van der Waals surface area (Å²) in [7, 11) is 3.09. The standard InChI is InChI=1S/C22H25F3N6O3/c1-14(20-26-19(27-34-20)15-5-4-6-16(11-15)22(23,24)25)31-9-7-30(8-10-31)13-17-12-18(32)29(3)21(33)28(17)2/h4-6,11-12,14H,7-10,13H2,1-3H3/t14-/m1/s1. The molecule has 182 valence electrons. The van der Waals surface area contributed by atoms with E-state index in [0.29, 0.717) is 44.3 Å². The molecular weight excluding hydrogens is 453 g/mol. The third kappa shape index (κ3) is 4.82. The summed E-state index contributed by atoms with van der Waals surface area (Å²) in [5.74, 6) is 0.438. The Hall–Kier alpha value is -3.25. The molecule has 1 aliphatic heterocycles. The first kappa shape index (κ1) is 23.9. The van der Waals surface area contributed by atoms with Gasteiger partial charge in [-0.1, -0.05) is 17.3 Å². The number of hydrogen-bond acceptors (Lipinski definition) is 7. The predicted molar refractivity (Wildman–Crippen MR) is 117 cm³/mol. The highest BCUT2D eigenvalue weighted by atomic mass is 19.4. The van der Waals surface area contributed by atoms with Gasteiger partial charge in [-0.3, -0.25) is 23.7 Å². The lowest BCUT2D eigenvalue weighted by molar-refractivity contribution is -0.137. The van der Waals surface area contributed by atoms with Gasteiger partial charge >= 0.3 is 11.9 Å². The molecule has 2 aromatic heterocycles. The Morgan fingerprint density at radius 3 is 2.44 bits per heavy atom. The van der Waals surface area contributed by atoms with E-state index in [2.05, 4.69) is 19.9 Å². The van der Waals surface area contributed by atoms with E-state index in [1.807, 2.05) is 6.92 Å². The fourth-order valence-corrected chi connectivity index (χ4v) is 3.98. The van der Waals surface area contributed by atoms with Gasteiger partial charge < -0.3 is 4.52 Å². The Balaban J connectivity index is 1.40. The van der Waals surface area contributed by atoms with Crippen molar-refractivity contribution >= 4 is 0 Å². The van der Waals surface area contributed by atoms with Crippen molar-refractivity contribution in [1.82, 2.24) is 29.1 Å². The molecule has 0 spiro atoms. The molecule has 3 aromatic rings. The van der Waals surface area contributed by atoms with Gasteiger partial charge in [0.05, 0.1) is 11.6 Å². The maximum absolute atomic E-state index is 13.0. The third-order valence-electron chi connectivity index (χ3n) is 6.21. The highest BCUT2D eigenvalue weighted by Gasteiger charge is 2.31. The first-order chi connectivity index (χ1) is 16.0. The monoisotopic (exact) mass is 478 g/mol. The maximum atomic E-state index is 13.0. The summed E-state index contributed by atoms with van der Waals surface area (Å²) in [6.07, 6.45) is -4.45. The van der Waals surface area contributed by atoms with Gasteiger partial charge in [0, 0.05) is 64.1 Å². The number of aromatic nitrogens is 4. The largest absolute Gasteiger partial charge is 0.416 e. The van der Waals surface area contributed by atoms with E-state index in [1.165, 1.54) is 29.8 Å². The van der Waals surface area contributed by atoms with Gasteiger partial charge in [-0.05, 0) is 19.1 Å². The van der Waals surface area contributed by atoms with Crippen LogP contribution >= 0.6 is 0 Å². The SMILES string of the molecule is C[C@H](c1nc(-c2cccc(C(F)(F)F)c2)no1)N1CCN(Cc2cc(=O)n(C)c(=O)n2C)CC1. The van der Waals surface area contributed by atoms with Gasteiger partial charge in [0.15, 0.2) is 0 Å². The van der Waals surface area contributed by atoms with Crippen LogP contribution in [0, 0.1) is 0 Å². The average molecular weight is 478 g/mol. The van der Waals surface area contributed by atoms with Crippen LogP contribution in [0.25, 0.3) is 11.4 Å². The van der Waals surface area contributed by atoms with Crippen LogP contribution in [0.2, 0.25) is 0 Å². The summed E-state index contributed by atoms with van der Waals surface area (Å²) >= 11 is 0. The van der Waals surface area contributed by atoms with Gasteiger partial charge in [-0.25, -0.2) is 4.79 Å². The fraction of sp³-hybridized carbons (Fsp3) is 0.455. The van der Waals surface area contributed by atoms with Crippen molar-refractivity contribution in [3.63, 3.8) is 0 Å². The number of hydrogen-bond donors (Lipinski definition) is 0. The van der Waals surface area contributed by atoms with Gasteiger partial charge in [0.1, 0.15) is 0 Å². The topological polar surface area (TPSA) is 89.4 Å². The predicted octanol–water partition coefficient (Wildman–Crippen LogP) is 2.03. The number of alkyl halides is 3. The minimum atomic E-state index is -4.45. The Morgan fingerprint density at radius 2 is 1.76 bits per heavy atom. The van der Waals surface area contributed by atoms with Gasteiger partial charge in [-0.2, -0.15) is 18.2 Å². The molecule has 1 saturated heterocycles. The van der Waals surface area contributed by atoms with Crippen LogP contribution in [0.15, 0.2) is 44.4 Å². The molecule has 0 bridgehead atoms. The molecule has 0 N–H and O–H groups in total. The second kappa shape index (κ2) is 9.18. The zero-order chi connectivity index (χ0) is 24.6. The van der Waals surface area contributed by atoms with Crippen molar-refractivity contribution < 1.29 is 17.7 Å². The van der Waals surface area contributed by atoms with E-state index >= 15 is 0 Å². The number of halogens is 3. The van der Waals surface area contributed by atoms with E-state index in [9.17, 15) is 22.8 Å². The molecule has 1 aromatic carbocycles. The van der Waals surface area contributed by atoms with Crippen LogP contribution in [-0.4, -0.2) is 55.3 Å². The maximum Gasteiger partial charge on any atom is 0.416 e. The Bertz CT molecular complexity index is 1290. The van der Waals surface area contributed by atoms with Crippen molar-refractivity contribution in [3.8, 4) is 11.4 Å². The molecule has 0 amide bonds. The zero-order valence-electron chi connectivity index (χ0n) is 19.0. The summed E-state index contributed by atoms with van der Waals surface area (Å²) in [6, 6.07) is 6.08. The highest BCUT2D eigenvalue weighted by molar-refractivity contribution is 5.55. The molecule has 0 unspecified atom stereocenters. The summed E-state index contributed by atoms with van der Waals surface area (Å²) in [4.78, 5) is 32.7. The lowest BCUT2D eigenvalue weighted by Crippen LogP contribution is -2.47. The lowest BCUT2D eigenvalue weighted by atomic mass is 10.1. The number of rotatable bonds is 5. The highest BCUT2D eigenvalue weighted by Crippen LogP contribution is 2.32. The first-order valence-corrected chi connectivity index (χ1v) is 10.8. The quantitative estimate of drug-likeness (QED) is 0.554. The Morgan fingerprint density at radius 1 is 1.06 bits per heavy atom. The molecular formula is C22H25F3N6O3. The number of benzene rings is 1. The fourth-order valence-electron chi connectivity index (χ4n) is 3.98. The van der Waals surface area contributed by atoms with Crippen LogP contribution in [-0.2, 0) is 26.8 Å². The molecule has 1 fully saturated rings.